The van der Waals surface area contributed by atoms with Crippen LogP contribution in [-0.2, 0) is 0 Å². The Morgan fingerprint density at radius 2 is 1.96 bits per heavy atom. The fourth-order valence-electron chi connectivity index (χ4n) is 2.64. The number of hydrogen-bond donors (Lipinski definition) is 1. The molecule has 130 valence electrons. The summed E-state index contributed by atoms with van der Waals surface area (Å²) in [4.78, 5) is 27.5. The number of aromatic nitrogens is 1. The second-order valence-corrected chi connectivity index (χ2v) is 5.85. The largest absolute Gasteiger partial charge is 0.278 e. The monoisotopic (exact) mass is 348 g/mol. The number of nitrogens with zero attached hydrogens (tertiary/aromatic N) is 3. The summed E-state index contributed by atoms with van der Waals surface area (Å²) >= 11 is 0. The highest BCUT2D eigenvalue weighted by molar-refractivity contribution is 6.06. The van der Waals surface area contributed by atoms with Gasteiger partial charge in [0.2, 0.25) is 0 Å². The second-order valence-electron chi connectivity index (χ2n) is 5.85. The van der Waals surface area contributed by atoms with Gasteiger partial charge in [0.25, 0.3) is 11.6 Å². The molecule has 2 aromatic carbocycles. The number of aryl methyl sites for hydroxylation is 2. The molecule has 0 aliphatic heterocycles. The van der Waals surface area contributed by atoms with Gasteiger partial charge < -0.3 is 0 Å². The van der Waals surface area contributed by atoms with E-state index in [0.717, 1.165) is 16.5 Å². The van der Waals surface area contributed by atoms with Crippen molar-refractivity contribution in [1.29, 1.82) is 0 Å². The maximum atomic E-state index is 12.5. The Morgan fingerprint density at radius 1 is 1.19 bits per heavy atom. The standard InChI is InChI=1S/C19H16N4O3/c1-12-7-8-17-15(9-12)16(10-13(2)21-17)19(24)22-20-11-14-5-3-4-6-18(14)23(25)26/h3-11H,1-2H3,(H,22,24). The van der Waals surface area contributed by atoms with Crippen molar-refractivity contribution in [1.82, 2.24) is 10.4 Å². The van der Waals surface area contributed by atoms with Crippen LogP contribution < -0.4 is 5.43 Å². The number of carbonyl (C=O) groups excluding carboxylic acids is 1. The number of fused-ring (bicyclic) bond motifs is 1. The predicted molar refractivity (Wildman–Crippen MR) is 99.4 cm³/mol. The molecule has 0 bridgehead atoms. The van der Waals surface area contributed by atoms with E-state index in [1.54, 1.807) is 24.3 Å². The van der Waals surface area contributed by atoms with E-state index >= 15 is 0 Å². The summed E-state index contributed by atoms with van der Waals surface area (Å²) in [5, 5.41) is 15.6. The van der Waals surface area contributed by atoms with Crippen molar-refractivity contribution in [2.45, 2.75) is 13.8 Å². The van der Waals surface area contributed by atoms with Gasteiger partial charge in [-0.15, -0.1) is 0 Å². The molecular formula is C19H16N4O3. The molecule has 7 heteroatoms. The summed E-state index contributed by atoms with van der Waals surface area (Å²) in [6, 6.07) is 13.6. The van der Waals surface area contributed by atoms with Crippen LogP contribution in [0.1, 0.15) is 27.2 Å². The number of amides is 1. The van der Waals surface area contributed by atoms with E-state index in [1.165, 1.54) is 12.3 Å². The number of benzene rings is 2. The Hall–Kier alpha value is -3.61. The maximum absolute atomic E-state index is 12.5. The van der Waals surface area contributed by atoms with Crippen LogP contribution in [-0.4, -0.2) is 22.0 Å². The zero-order chi connectivity index (χ0) is 18.7. The molecule has 0 aliphatic rings. The minimum atomic E-state index is -0.494. The molecule has 3 aromatic rings. The average Bonchev–Trinajstić information content (AvgIpc) is 2.61. The number of nitrogens with one attached hydrogen (secondary N) is 1. The molecule has 0 spiro atoms. The van der Waals surface area contributed by atoms with Crippen molar-refractivity contribution < 1.29 is 9.72 Å². The third-order valence-electron chi connectivity index (χ3n) is 3.84. The molecule has 0 aliphatic carbocycles. The molecular weight excluding hydrogens is 332 g/mol. The van der Waals surface area contributed by atoms with Crippen molar-refractivity contribution in [2.24, 2.45) is 5.10 Å². The second kappa shape index (κ2) is 7.10. The quantitative estimate of drug-likeness (QED) is 0.443. The Kier molecular flexibility index (Phi) is 4.70. The highest BCUT2D eigenvalue weighted by atomic mass is 16.6. The number of para-hydroxylation sites is 1. The van der Waals surface area contributed by atoms with E-state index in [0.29, 0.717) is 16.8 Å². The minimum absolute atomic E-state index is 0.0775. The number of hydrogen-bond acceptors (Lipinski definition) is 5. The van der Waals surface area contributed by atoms with Gasteiger partial charge in [-0.3, -0.25) is 19.9 Å². The van der Waals surface area contributed by atoms with E-state index in [4.69, 9.17) is 0 Å². The molecule has 0 fully saturated rings. The molecule has 1 heterocycles. The number of pyridine rings is 1. The zero-order valence-corrected chi connectivity index (χ0v) is 14.3. The molecule has 0 radical (unpaired) electrons. The first-order chi connectivity index (χ1) is 12.5. The molecule has 0 unspecified atom stereocenters. The lowest BCUT2D eigenvalue weighted by atomic mass is 10.1. The number of nitro groups is 1. The normalized spacial score (nSPS) is 11.0. The van der Waals surface area contributed by atoms with Gasteiger partial charge in [-0.1, -0.05) is 23.8 Å². The fraction of sp³-hybridized carbons (Fsp3) is 0.105. The Labute approximate surface area is 149 Å². The Morgan fingerprint density at radius 3 is 2.73 bits per heavy atom. The van der Waals surface area contributed by atoms with Crippen LogP contribution in [0.25, 0.3) is 10.9 Å². The van der Waals surface area contributed by atoms with Crippen LogP contribution >= 0.6 is 0 Å². The highest BCUT2D eigenvalue weighted by Crippen LogP contribution is 2.20. The minimum Gasteiger partial charge on any atom is -0.267 e. The molecule has 1 aromatic heterocycles. The summed E-state index contributed by atoms with van der Waals surface area (Å²) in [5.74, 6) is -0.402. The Balaban J connectivity index is 1.89. The lowest BCUT2D eigenvalue weighted by Crippen LogP contribution is -2.18. The van der Waals surface area contributed by atoms with Crippen LogP contribution in [0.15, 0.2) is 53.6 Å². The lowest BCUT2D eigenvalue weighted by Gasteiger charge is -2.07. The molecule has 0 saturated carbocycles. The van der Waals surface area contributed by atoms with Crippen molar-refractivity contribution in [3.63, 3.8) is 0 Å². The van der Waals surface area contributed by atoms with Gasteiger partial charge in [0.05, 0.1) is 27.8 Å². The lowest BCUT2D eigenvalue weighted by molar-refractivity contribution is -0.385. The number of hydrazone groups is 1. The van der Waals surface area contributed by atoms with Gasteiger partial charge in [-0.25, -0.2) is 5.43 Å². The molecule has 1 amide bonds. The average molecular weight is 348 g/mol. The third-order valence-corrected chi connectivity index (χ3v) is 3.84. The summed E-state index contributed by atoms with van der Waals surface area (Å²) in [6.45, 7) is 3.75. The number of nitro benzene ring substituents is 1. The van der Waals surface area contributed by atoms with Crippen molar-refractivity contribution in [2.75, 3.05) is 0 Å². The van der Waals surface area contributed by atoms with E-state index in [1.807, 2.05) is 32.0 Å². The Bertz CT molecular complexity index is 1040. The molecule has 1 N–H and O–H groups in total. The van der Waals surface area contributed by atoms with E-state index in [9.17, 15) is 14.9 Å². The summed E-state index contributed by atoms with van der Waals surface area (Å²) in [6.07, 6.45) is 1.26. The third kappa shape index (κ3) is 3.56. The highest BCUT2D eigenvalue weighted by Gasteiger charge is 2.13. The van der Waals surface area contributed by atoms with Crippen molar-refractivity contribution >= 4 is 28.7 Å². The van der Waals surface area contributed by atoms with E-state index < -0.39 is 10.8 Å². The van der Waals surface area contributed by atoms with Crippen LogP contribution in [0.5, 0.6) is 0 Å². The van der Waals surface area contributed by atoms with Gasteiger partial charge in [0, 0.05) is 17.1 Å². The summed E-state index contributed by atoms with van der Waals surface area (Å²) in [5.41, 5.74) is 5.58. The van der Waals surface area contributed by atoms with Gasteiger partial charge >= 0.3 is 0 Å². The van der Waals surface area contributed by atoms with Gasteiger partial charge in [-0.05, 0) is 38.1 Å². The smallest absolute Gasteiger partial charge is 0.267 e. The maximum Gasteiger partial charge on any atom is 0.278 e. The van der Waals surface area contributed by atoms with Gasteiger partial charge in [0.15, 0.2) is 0 Å². The first kappa shape index (κ1) is 17.2. The molecule has 3 rings (SSSR count). The van der Waals surface area contributed by atoms with E-state index in [2.05, 4.69) is 15.5 Å². The predicted octanol–water partition coefficient (Wildman–Crippen LogP) is 3.52. The van der Waals surface area contributed by atoms with Crippen molar-refractivity contribution in [3.05, 3.63) is 81.0 Å². The van der Waals surface area contributed by atoms with Crippen LogP contribution in [0.3, 0.4) is 0 Å². The van der Waals surface area contributed by atoms with Gasteiger partial charge in [0.1, 0.15) is 0 Å². The SMILES string of the molecule is Cc1ccc2nc(C)cc(C(=O)NN=Cc3ccccc3[N+](=O)[O-])c2c1. The number of rotatable bonds is 4. The van der Waals surface area contributed by atoms with Crippen LogP contribution in [0, 0.1) is 24.0 Å². The first-order valence-corrected chi connectivity index (χ1v) is 7.90. The zero-order valence-electron chi connectivity index (χ0n) is 14.3. The molecule has 26 heavy (non-hydrogen) atoms. The molecule has 0 saturated heterocycles. The summed E-state index contributed by atoms with van der Waals surface area (Å²) in [7, 11) is 0. The topological polar surface area (TPSA) is 97.5 Å². The van der Waals surface area contributed by atoms with Crippen LogP contribution in [0.2, 0.25) is 0 Å². The molecule has 7 nitrogen and oxygen atoms in total. The fourth-order valence-corrected chi connectivity index (χ4v) is 2.64. The van der Waals surface area contributed by atoms with Gasteiger partial charge in [-0.2, -0.15) is 5.10 Å². The van der Waals surface area contributed by atoms with E-state index in [-0.39, 0.29) is 5.69 Å². The first-order valence-electron chi connectivity index (χ1n) is 7.90. The molecule has 0 atom stereocenters. The van der Waals surface area contributed by atoms with Crippen molar-refractivity contribution in [3.8, 4) is 0 Å². The summed E-state index contributed by atoms with van der Waals surface area (Å²) < 4.78 is 0. The van der Waals surface area contributed by atoms with Crippen LogP contribution in [0.4, 0.5) is 5.69 Å². The number of carbonyl (C=O) groups is 1.